The summed E-state index contributed by atoms with van der Waals surface area (Å²) in [6.45, 7) is 2.42. The highest BCUT2D eigenvalue weighted by Gasteiger charge is 2.15. The predicted molar refractivity (Wildman–Crippen MR) is 123 cm³/mol. The standard InChI is InChI=1S/C25H23N3O4/c1-17-7-3-4-8-19(17)15-27-13-11-18-12-14-28(24(30)23(18)27)16-22(29)26-21-10-6-5-9-20(21)25(31)32-2/h3-14H,15-16H2,1-2H3,(H,26,29). The molecule has 2 aromatic heterocycles. The van der Waals surface area contributed by atoms with Crippen molar-refractivity contribution in [1.29, 1.82) is 0 Å². The second-order valence-electron chi connectivity index (χ2n) is 7.51. The lowest BCUT2D eigenvalue weighted by molar-refractivity contribution is -0.116. The van der Waals surface area contributed by atoms with Crippen LogP contribution in [0.4, 0.5) is 5.69 Å². The molecule has 0 atom stereocenters. The minimum Gasteiger partial charge on any atom is -0.465 e. The summed E-state index contributed by atoms with van der Waals surface area (Å²) in [5.74, 6) is -0.965. The van der Waals surface area contributed by atoms with Gasteiger partial charge >= 0.3 is 5.97 Å². The molecule has 0 fully saturated rings. The molecule has 2 heterocycles. The molecule has 4 aromatic rings. The van der Waals surface area contributed by atoms with Crippen LogP contribution in [0.15, 0.2) is 77.9 Å². The fourth-order valence-electron chi connectivity index (χ4n) is 3.70. The Morgan fingerprint density at radius 1 is 0.938 bits per heavy atom. The first-order valence-corrected chi connectivity index (χ1v) is 10.2. The molecular weight excluding hydrogens is 406 g/mol. The second kappa shape index (κ2) is 8.93. The summed E-state index contributed by atoms with van der Waals surface area (Å²) < 4.78 is 8.03. The smallest absolute Gasteiger partial charge is 0.339 e. The van der Waals surface area contributed by atoms with E-state index in [-0.39, 0.29) is 17.7 Å². The Morgan fingerprint density at radius 3 is 2.38 bits per heavy atom. The molecule has 0 aliphatic carbocycles. The van der Waals surface area contributed by atoms with Crippen LogP contribution in [0.3, 0.4) is 0 Å². The molecule has 32 heavy (non-hydrogen) atoms. The third-order valence-corrected chi connectivity index (χ3v) is 5.41. The maximum Gasteiger partial charge on any atom is 0.339 e. The van der Waals surface area contributed by atoms with Crippen LogP contribution >= 0.6 is 0 Å². The monoisotopic (exact) mass is 429 g/mol. The first-order valence-electron chi connectivity index (χ1n) is 10.2. The largest absolute Gasteiger partial charge is 0.465 e. The van der Waals surface area contributed by atoms with Gasteiger partial charge in [0.2, 0.25) is 5.91 Å². The zero-order valence-electron chi connectivity index (χ0n) is 17.9. The van der Waals surface area contributed by atoms with E-state index < -0.39 is 11.9 Å². The number of para-hydroxylation sites is 1. The Balaban J connectivity index is 1.60. The maximum atomic E-state index is 13.2. The topological polar surface area (TPSA) is 82.3 Å². The predicted octanol–water partition coefficient (Wildman–Crippen LogP) is 3.59. The number of esters is 1. The van der Waals surface area contributed by atoms with E-state index in [9.17, 15) is 14.4 Å². The van der Waals surface area contributed by atoms with Crippen LogP contribution in [-0.2, 0) is 22.6 Å². The van der Waals surface area contributed by atoms with E-state index in [4.69, 9.17) is 4.74 Å². The number of pyridine rings is 1. The van der Waals surface area contributed by atoms with Crippen molar-refractivity contribution >= 4 is 28.5 Å². The fourth-order valence-corrected chi connectivity index (χ4v) is 3.70. The fraction of sp³-hybridized carbons (Fsp3) is 0.160. The minimum absolute atomic E-state index is 0.181. The van der Waals surface area contributed by atoms with Gasteiger partial charge in [0.1, 0.15) is 12.1 Å². The third-order valence-electron chi connectivity index (χ3n) is 5.41. The normalized spacial score (nSPS) is 10.8. The highest BCUT2D eigenvalue weighted by Crippen LogP contribution is 2.17. The average molecular weight is 429 g/mol. The van der Waals surface area contributed by atoms with Crippen LogP contribution in [0.2, 0.25) is 0 Å². The van der Waals surface area contributed by atoms with E-state index in [1.807, 2.05) is 54.1 Å². The van der Waals surface area contributed by atoms with E-state index >= 15 is 0 Å². The molecule has 1 N–H and O–H groups in total. The van der Waals surface area contributed by atoms with Crippen LogP contribution in [0.1, 0.15) is 21.5 Å². The van der Waals surface area contributed by atoms with E-state index in [0.29, 0.717) is 17.7 Å². The van der Waals surface area contributed by atoms with Gasteiger partial charge in [-0.3, -0.25) is 9.59 Å². The number of fused-ring (bicyclic) bond motifs is 1. The van der Waals surface area contributed by atoms with Crippen molar-refractivity contribution < 1.29 is 14.3 Å². The van der Waals surface area contributed by atoms with Gasteiger partial charge in [0.15, 0.2) is 0 Å². The lowest BCUT2D eigenvalue weighted by Gasteiger charge is -2.12. The van der Waals surface area contributed by atoms with E-state index in [2.05, 4.69) is 5.32 Å². The molecule has 0 radical (unpaired) electrons. The molecule has 7 heteroatoms. The molecule has 1 amide bonds. The van der Waals surface area contributed by atoms with Crippen LogP contribution in [0, 0.1) is 6.92 Å². The SMILES string of the molecule is COC(=O)c1ccccc1NC(=O)Cn1ccc2ccn(Cc3ccccc3C)c2c1=O. The van der Waals surface area contributed by atoms with Gasteiger partial charge in [-0.15, -0.1) is 0 Å². The second-order valence-corrected chi connectivity index (χ2v) is 7.51. The minimum atomic E-state index is -0.548. The summed E-state index contributed by atoms with van der Waals surface area (Å²) in [6, 6.07) is 18.3. The zero-order valence-corrected chi connectivity index (χ0v) is 17.9. The number of benzene rings is 2. The average Bonchev–Trinajstić information content (AvgIpc) is 3.20. The molecule has 7 nitrogen and oxygen atoms in total. The summed E-state index contributed by atoms with van der Waals surface area (Å²) >= 11 is 0. The number of nitrogens with zero attached hydrogens (tertiary/aromatic N) is 2. The Hall–Kier alpha value is -4.13. The highest BCUT2D eigenvalue weighted by molar-refractivity contribution is 6.01. The molecule has 0 spiro atoms. The van der Waals surface area contributed by atoms with E-state index in [1.54, 1.807) is 30.5 Å². The van der Waals surface area contributed by atoms with Crippen molar-refractivity contribution in [2.75, 3.05) is 12.4 Å². The van der Waals surface area contributed by atoms with Crippen LogP contribution in [0.5, 0.6) is 0 Å². The lowest BCUT2D eigenvalue weighted by Crippen LogP contribution is -2.28. The number of methoxy groups -OCH3 is 1. The molecule has 4 rings (SSSR count). The van der Waals surface area contributed by atoms with Crippen molar-refractivity contribution in [2.24, 2.45) is 0 Å². The van der Waals surface area contributed by atoms with Gasteiger partial charge in [0, 0.05) is 24.3 Å². The molecule has 0 saturated heterocycles. The maximum absolute atomic E-state index is 13.2. The summed E-state index contributed by atoms with van der Waals surface area (Å²) in [5.41, 5.74) is 3.14. The molecule has 0 saturated carbocycles. The molecular formula is C25H23N3O4. The molecule has 0 unspecified atom stereocenters. The summed E-state index contributed by atoms with van der Waals surface area (Å²) in [7, 11) is 1.28. The van der Waals surface area contributed by atoms with Gasteiger partial charge in [0.25, 0.3) is 5.56 Å². The Morgan fingerprint density at radius 2 is 1.62 bits per heavy atom. The molecule has 2 aromatic carbocycles. The number of carbonyl (C=O) groups is 2. The molecule has 162 valence electrons. The highest BCUT2D eigenvalue weighted by atomic mass is 16.5. The number of carbonyl (C=O) groups excluding carboxylic acids is 2. The third kappa shape index (κ3) is 4.18. The van der Waals surface area contributed by atoms with E-state index in [0.717, 1.165) is 16.5 Å². The number of nitrogens with one attached hydrogen (secondary N) is 1. The zero-order chi connectivity index (χ0) is 22.7. The van der Waals surface area contributed by atoms with Gasteiger partial charge in [-0.2, -0.15) is 0 Å². The molecule has 0 aliphatic heterocycles. The van der Waals surface area contributed by atoms with Crippen LogP contribution < -0.4 is 10.9 Å². The number of ether oxygens (including phenoxy) is 1. The quantitative estimate of drug-likeness (QED) is 0.475. The summed E-state index contributed by atoms with van der Waals surface area (Å²) in [6.07, 6.45) is 3.49. The van der Waals surface area contributed by atoms with Gasteiger partial charge in [-0.1, -0.05) is 36.4 Å². The van der Waals surface area contributed by atoms with Gasteiger partial charge in [-0.05, 0) is 42.3 Å². The van der Waals surface area contributed by atoms with E-state index in [1.165, 1.54) is 11.7 Å². The van der Waals surface area contributed by atoms with Crippen LogP contribution in [0.25, 0.3) is 10.9 Å². The number of aromatic nitrogens is 2. The van der Waals surface area contributed by atoms with Crippen molar-refractivity contribution in [3.05, 3.63) is 100 Å². The van der Waals surface area contributed by atoms with Crippen molar-refractivity contribution in [1.82, 2.24) is 9.13 Å². The first-order chi connectivity index (χ1) is 15.5. The number of amides is 1. The number of hydrogen-bond acceptors (Lipinski definition) is 4. The number of anilines is 1. The summed E-state index contributed by atoms with van der Waals surface area (Å²) in [5, 5.41) is 3.51. The number of rotatable bonds is 6. The Labute approximate surface area is 184 Å². The van der Waals surface area contributed by atoms with Crippen molar-refractivity contribution in [3.8, 4) is 0 Å². The Kier molecular flexibility index (Phi) is 5.89. The Bertz CT molecular complexity index is 1370. The first kappa shape index (κ1) is 21.1. The number of hydrogen-bond donors (Lipinski definition) is 1. The van der Waals surface area contributed by atoms with Gasteiger partial charge in [0.05, 0.1) is 18.4 Å². The lowest BCUT2D eigenvalue weighted by atomic mass is 10.1. The molecule has 0 aliphatic rings. The van der Waals surface area contributed by atoms with Gasteiger partial charge in [-0.25, -0.2) is 4.79 Å². The van der Waals surface area contributed by atoms with Gasteiger partial charge < -0.3 is 19.2 Å². The van der Waals surface area contributed by atoms with Crippen LogP contribution in [-0.4, -0.2) is 28.1 Å². The van der Waals surface area contributed by atoms with Crippen molar-refractivity contribution in [3.63, 3.8) is 0 Å². The molecule has 0 bridgehead atoms. The summed E-state index contributed by atoms with van der Waals surface area (Å²) in [4.78, 5) is 37.8. The van der Waals surface area contributed by atoms with Crippen molar-refractivity contribution in [2.45, 2.75) is 20.0 Å². The number of aryl methyl sites for hydroxylation is 1.